The van der Waals surface area contributed by atoms with E-state index < -0.39 is 10.9 Å². The number of thiocarbonyl (C=S) groups is 1. The number of amides is 1. The molecule has 4 rings (SSSR count). The number of hydrogen-bond acceptors (Lipinski definition) is 5. The molecule has 0 spiro atoms. The number of carbonyl (C=O) groups excluding carboxylic acids is 1. The van der Waals surface area contributed by atoms with Crippen molar-refractivity contribution >= 4 is 51.7 Å². The lowest BCUT2D eigenvalue weighted by Gasteiger charge is -2.18. The van der Waals surface area contributed by atoms with E-state index in [0.717, 1.165) is 21.4 Å². The van der Waals surface area contributed by atoms with Crippen LogP contribution in [0.3, 0.4) is 0 Å². The summed E-state index contributed by atoms with van der Waals surface area (Å²) in [5.74, 6) is -0.237. The van der Waals surface area contributed by atoms with Gasteiger partial charge >= 0.3 is 5.63 Å². The smallest absolute Gasteiger partial charge is 0.336 e. The molecule has 33 heavy (non-hydrogen) atoms. The Balaban J connectivity index is 1.43. The first-order valence-electron chi connectivity index (χ1n) is 10.2. The van der Waals surface area contributed by atoms with Crippen LogP contribution in [0, 0.1) is 6.92 Å². The minimum Gasteiger partial charge on any atom is -0.423 e. The van der Waals surface area contributed by atoms with Crippen LogP contribution in [0.25, 0.3) is 11.0 Å². The average molecular weight is 476 g/mol. The third-order valence-corrected chi connectivity index (χ3v) is 6.32. The first-order chi connectivity index (χ1) is 16.0. The number of anilines is 1. The molecule has 0 saturated carbocycles. The molecule has 6 nitrogen and oxygen atoms in total. The van der Waals surface area contributed by atoms with Crippen LogP contribution in [-0.4, -0.2) is 11.0 Å². The standard InChI is InChI=1S/C25H21N3O3S2/c1-16-14-22(29)31-21-15-18(12-13-20(16)21)26-25(32)28-27-24(30)23(17-8-4-2-5-9-17)33-19-10-6-3-7-11-19/h2-15,23H,1H3,(H,27,30)(H2,26,28,32)/t23-/m0/s1. The fourth-order valence-corrected chi connectivity index (χ4v) is 4.50. The van der Waals surface area contributed by atoms with Gasteiger partial charge in [0.25, 0.3) is 5.91 Å². The maximum Gasteiger partial charge on any atom is 0.336 e. The third-order valence-electron chi connectivity index (χ3n) is 4.85. The molecule has 1 heterocycles. The molecule has 0 unspecified atom stereocenters. The topological polar surface area (TPSA) is 83.4 Å². The highest BCUT2D eigenvalue weighted by Gasteiger charge is 2.22. The van der Waals surface area contributed by atoms with Gasteiger partial charge in [-0.3, -0.25) is 15.6 Å². The number of hydrogen-bond donors (Lipinski definition) is 3. The highest BCUT2D eigenvalue weighted by molar-refractivity contribution is 8.00. The van der Waals surface area contributed by atoms with Crippen molar-refractivity contribution in [2.24, 2.45) is 0 Å². The molecule has 0 bridgehead atoms. The molecule has 3 N–H and O–H groups in total. The Morgan fingerprint density at radius 3 is 2.36 bits per heavy atom. The second-order valence-electron chi connectivity index (χ2n) is 7.25. The summed E-state index contributed by atoms with van der Waals surface area (Å²) in [6.45, 7) is 1.85. The van der Waals surface area contributed by atoms with E-state index >= 15 is 0 Å². The number of thioether (sulfide) groups is 1. The number of benzene rings is 3. The lowest BCUT2D eigenvalue weighted by Crippen LogP contribution is -2.45. The molecule has 0 fully saturated rings. The zero-order valence-electron chi connectivity index (χ0n) is 17.7. The molecule has 1 aromatic heterocycles. The van der Waals surface area contributed by atoms with E-state index in [0.29, 0.717) is 11.3 Å². The number of fused-ring (bicyclic) bond motifs is 1. The van der Waals surface area contributed by atoms with Crippen molar-refractivity contribution in [3.8, 4) is 0 Å². The molecule has 4 aromatic rings. The summed E-state index contributed by atoms with van der Waals surface area (Å²) in [7, 11) is 0. The first kappa shape index (κ1) is 22.6. The Bertz CT molecular complexity index is 1340. The van der Waals surface area contributed by atoms with Gasteiger partial charge in [-0.25, -0.2) is 4.79 Å². The number of aryl methyl sites for hydroxylation is 1. The number of hydrazine groups is 1. The van der Waals surface area contributed by atoms with Crippen LogP contribution < -0.4 is 21.8 Å². The maximum absolute atomic E-state index is 13.0. The molecule has 0 aliphatic heterocycles. The highest BCUT2D eigenvalue weighted by atomic mass is 32.2. The Hall–Kier alpha value is -3.62. The number of carbonyl (C=O) groups is 1. The Kier molecular flexibility index (Phi) is 7.07. The molecular formula is C25H21N3O3S2. The van der Waals surface area contributed by atoms with E-state index in [2.05, 4.69) is 16.2 Å². The summed E-state index contributed by atoms with van der Waals surface area (Å²) in [5, 5.41) is 3.57. The molecule has 166 valence electrons. The fourth-order valence-electron chi connectivity index (χ4n) is 3.28. The summed E-state index contributed by atoms with van der Waals surface area (Å²) in [5.41, 5.74) is 7.83. The van der Waals surface area contributed by atoms with Gasteiger partial charge in [0.05, 0.1) is 0 Å². The SMILES string of the molecule is Cc1cc(=O)oc2cc(NC(=S)NNC(=O)[C@@H](Sc3ccccc3)c3ccccc3)ccc12. The second-order valence-corrected chi connectivity index (χ2v) is 8.84. The monoisotopic (exact) mass is 475 g/mol. The molecule has 8 heteroatoms. The van der Waals surface area contributed by atoms with Gasteiger partial charge in [0.15, 0.2) is 5.11 Å². The summed E-state index contributed by atoms with van der Waals surface area (Å²) >= 11 is 6.78. The van der Waals surface area contributed by atoms with E-state index in [9.17, 15) is 9.59 Å². The molecule has 3 aromatic carbocycles. The average Bonchev–Trinajstić information content (AvgIpc) is 2.82. The van der Waals surface area contributed by atoms with Gasteiger partial charge in [0.1, 0.15) is 10.8 Å². The van der Waals surface area contributed by atoms with E-state index in [4.69, 9.17) is 16.6 Å². The van der Waals surface area contributed by atoms with E-state index in [1.165, 1.54) is 17.8 Å². The third kappa shape index (κ3) is 5.79. The molecule has 0 radical (unpaired) electrons. The predicted molar refractivity (Wildman–Crippen MR) is 136 cm³/mol. The van der Waals surface area contributed by atoms with Gasteiger partial charge in [-0.15, -0.1) is 11.8 Å². The Morgan fingerprint density at radius 1 is 0.939 bits per heavy atom. The molecule has 0 saturated heterocycles. The minimum atomic E-state index is -0.471. The quantitative estimate of drug-likeness (QED) is 0.163. The number of rotatable bonds is 5. The molecule has 0 aliphatic rings. The zero-order valence-corrected chi connectivity index (χ0v) is 19.3. The van der Waals surface area contributed by atoms with Crippen LogP contribution in [0.4, 0.5) is 5.69 Å². The van der Waals surface area contributed by atoms with Crippen LogP contribution in [0.5, 0.6) is 0 Å². The van der Waals surface area contributed by atoms with Crippen molar-refractivity contribution in [2.45, 2.75) is 17.1 Å². The van der Waals surface area contributed by atoms with E-state index in [-0.39, 0.29) is 11.0 Å². The zero-order chi connectivity index (χ0) is 23.2. The van der Waals surface area contributed by atoms with Crippen molar-refractivity contribution in [2.75, 3.05) is 5.32 Å². The van der Waals surface area contributed by atoms with Crippen LogP contribution in [0.15, 0.2) is 99.0 Å². The maximum atomic E-state index is 13.0. The van der Waals surface area contributed by atoms with E-state index in [1.807, 2.05) is 79.7 Å². The lowest BCUT2D eigenvalue weighted by molar-refractivity contribution is -0.121. The van der Waals surface area contributed by atoms with Crippen molar-refractivity contribution in [1.29, 1.82) is 0 Å². The summed E-state index contributed by atoms with van der Waals surface area (Å²) < 4.78 is 5.27. The van der Waals surface area contributed by atoms with Gasteiger partial charge in [-0.1, -0.05) is 48.5 Å². The van der Waals surface area contributed by atoms with Crippen molar-refractivity contribution in [1.82, 2.24) is 10.9 Å². The normalized spacial score (nSPS) is 11.5. The van der Waals surface area contributed by atoms with E-state index in [1.54, 1.807) is 6.07 Å². The largest absolute Gasteiger partial charge is 0.423 e. The van der Waals surface area contributed by atoms with Gasteiger partial charge in [-0.2, -0.15) is 0 Å². The summed E-state index contributed by atoms with van der Waals surface area (Å²) in [6, 6.07) is 26.1. The van der Waals surface area contributed by atoms with Crippen LogP contribution in [0.1, 0.15) is 16.4 Å². The van der Waals surface area contributed by atoms with Crippen molar-refractivity contribution < 1.29 is 9.21 Å². The predicted octanol–water partition coefficient (Wildman–Crippen LogP) is 4.95. The summed E-state index contributed by atoms with van der Waals surface area (Å²) in [4.78, 5) is 25.7. The molecule has 0 aliphatic carbocycles. The molecule has 1 amide bonds. The van der Waals surface area contributed by atoms with Crippen LogP contribution >= 0.6 is 24.0 Å². The van der Waals surface area contributed by atoms with Gasteiger partial charge in [0, 0.05) is 28.1 Å². The Labute approximate surface area is 200 Å². The van der Waals surface area contributed by atoms with Crippen LogP contribution in [-0.2, 0) is 4.79 Å². The van der Waals surface area contributed by atoms with Gasteiger partial charge < -0.3 is 9.73 Å². The van der Waals surface area contributed by atoms with Crippen molar-refractivity contribution in [3.63, 3.8) is 0 Å². The lowest BCUT2D eigenvalue weighted by atomic mass is 10.1. The van der Waals surface area contributed by atoms with Gasteiger partial charge in [0.2, 0.25) is 0 Å². The Morgan fingerprint density at radius 2 is 1.64 bits per heavy atom. The van der Waals surface area contributed by atoms with Crippen LogP contribution in [0.2, 0.25) is 0 Å². The first-order valence-corrected chi connectivity index (χ1v) is 11.5. The molecular weight excluding hydrogens is 454 g/mol. The fraction of sp³-hybridized carbons (Fsp3) is 0.0800. The summed E-state index contributed by atoms with van der Waals surface area (Å²) in [6.07, 6.45) is 0. The number of nitrogens with one attached hydrogen (secondary N) is 3. The highest BCUT2D eigenvalue weighted by Crippen LogP contribution is 2.35. The molecule has 1 atom stereocenters. The van der Waals surface area contributed by atoms with Gasteiger partial charge in [-0.05, 0) is 54.5 Å². The second kappa shape index (κ2) is 10.3. The minimum absolute atomic E-state index is 0.203. The van der Waals surface area contributed by atoms with Crippen molar-refractivity contribution in [3.05, 3.63) is 106 Å².